The van der Waals surface area contributed by atoms with Gasteiger partial charge in [-0.1, -0.05) is 12.1 Å². The van der Waals surface area contributed by atoms with Crippen LogP contribution in [0, 0.1) is 6.92 Å². The summed E-state index contributed by atoms with van der Waals surface area (Å²) in [6, 6.07) is 5.25. The minimum absolute atomic E-state index is 0.418. The van der Waals surface area contributed by atoms with Crippen LogP contribution in [0.5, 0.6) is 0 Å². The van der Waals surface area contributed by atoms with E-state index in [1.807, 2.05) is 17.9 Å². The van der Waals surface area contributed by atoms with Crippen molar-refractivity contribution in [2.24, 2.45) is 7.05 Å². The molecule has 158 valence electrons. The van der Waals surface area contributed by atoms with Gasteiger partial charge in [-0.3, -0.25) is 14.6 Å². The first-order chi connectivity index (χ1) is 14.3. The number of aromatic nitrogens is 4. The lowest BCUT2D eigenvalue weighted by atomic mass is 10.1. The summed E-state index contributed by atoms with van der Waals surface area (Å²) in [6.45, 7) is 5.99. The molecule has 9 heteroatoms. The van der Waals surface area contributed by atoms with Gasteiger partial charge in [-0.05, 0) is 19.1 Å². The Hall–Kier alpha value is -2.94. The van der Waals surface area contributed by atoms with Gasteiger partial charge in [0.15, 0.2) is 5.82 Å². The molecular weight excluding hydrogens is 393 g/mol. The second kappa shape index (κ2) is 8.06. The first-order valence-electron chi connectivity index (χ1n) is 9.76. The van der Waals surface area contributed by atoms with Crippen molar-refractivity contribution in [3.05, 3.63) is 59.7 Å². The van der Waals surface area contributed by atoms with Crippen molar-refractivity contribution < 1.29 is 13.2 Å². The van der Waals surface area contributed by atoms with Crippen LogP contribution in [0.15, 0.2) is 42.9 Å². The van der Waals surface area contributed by atoms with Gasteiger partial charge in [0.05, 0.1) is 11.8 Å². The number of hydrogen-bond donors (Lipinski definition) is 0. The van der Waals surface area contributed by atoms with Crippen molar-refractivity contribution in [1.82, 2.24) is 24.6 Å². The number of piperazine rings is 1. The van der Waals surface area contributed by atoms with Crippen LogP contribution >= 0.6 is 0 Å². The van der Waals surface area contributed by atoms with E-state index in [0.29, 0.717) is 17.1 Å². The van der Waals surface area contributed by atoms with E-state index in [0.717, 1.165) is 50.6 Å². The number of anilines is 1. The van der Waals surface area contributed by atoms with E-state index in [2.05, 4.69) is 31.8 Å². The summed E-state index contributed by atoms with van der Waals surface area (Å²) < 4.78 is 41.3. The fraction of sp³-hybridized carbons (Fsp3) is 0.381. The molecule has 0 spiro atoms. The van der Waals surface area contributed by atoms with Gasteiger partial charge in [-0.25, -0.2) is 4.98 Å². The van der Waals surface area contributed by atoms with Gasteiger partial charge in [0.2, 0.25) is 0 Å². The van der Waals surface area contributed by atoms with Crippen molar-refractivity contribution in [2.75, 3.05) is 31.1 Å². The summed E-state index contributed by atoms with van der Waals surface area (Å²) in [5.41, 5.74) is 2.56. The van der Waals surface area contributed by atoms with Gasteiger partial charge in [0.25, 0.3) is 0 Å². The van der Waals surface area contributed by atoms with Crippen molar-refractivity contribution in [3.8, 4) is 11.3 Å². The Morgan fingerprint density at radius 1 is 1.03 bits per heavy atom. The van der Waals surface area contributed by atoms with E-state index in [1.165, 1.54) is 17.8 Å². The Bertz CT molecular complexity index is 1020. The average molecular weight is 416 g/mol. The van der Waals surface area contributed by atoms with Crippen LogP contribution in [0.4, 0.5) is 19.0 Å². The van der Waals surface area contributed by atoms with Gasteiger partial charge < -0.3 is 4.90 Å². The van der Waals surface area contributed by atoms with Gasteiger partial charge >= 0.3 is 6.18 Å². The second-order valence-electron chi connectivity index (χ2n) is 7.45. The SMILES string of the molecule is Cc1c(CN2CCN(c3nccnc3-c3cccc(C(F)(F)F)c3)CC2)cnn1C. The normalized spacial score (nSPS) is 15.6. The molecule has 3 heterocycles. The van der Waals surface area contributed by atoms with Crippen LogP contribution < -0.4 is 4.90 Å². The Labute approximate surface area is 173 Å². The molecular formula is C21H23F3N6. The largest absolute Gasteiger partial charge is 0.416 e. The molecule has 0 aliphatic carbocycles. The molecule has 30 heavy (non-hydrogen) atoms. The van der Waals surface area contributed by atoms with E-state index < -0.39 is 11.7 Å². The number of rotatable bonds is 4. The molecule has 3 aromatic rings. The monoisotopic (exact) mass is 416 g/mol. The summed E-state index contributed by atoms with van der Waals surface area (Å²) in [6.07, 6.45) is 0.600. The number of hydrogen-bond acceptors (Lipinski definition) is 5. The summed E-state index contributed by atoms with van der Waals surface area (Å²) in [5, 5.41) is 4.29. The molecule has 0 atom stereocenters. The molecule has 4 rings (SSSR count). The van der Waals surface area contributed by atoms with Crippen LogP contribution in [0.3, 0.4) is 0 Å². The lowest BCUT2D eigenvalue weighted by Crippen LogP contribution is -2.46. The molecule has 0 saturated carbocycles. The molecule has 0 unspecified atom stereocenters. The predicted molar refractivity (Wildman–Crippen MR) is 108 cm³/mol. The topological polar surface area (TPSA) is 50.1 Å². The summed E-state index contributed by atoms with van der Waals surface area (Å²) in [7, 11) is 1.93. The molecule has 1 aromatic carbocycles. The van der Waals surface area contributed by atoms with E-state index in [4.69, 9.17) is 0 Å². The third-order valence-electron chi connectivity index (χ3n) is 5.54. The number of benzene rings is 1. The molecule has 0 bridgehead atoms. The van der Waals surface area contributed by atoms with Crippen molar-refractivity contribution >= 4 is 5.82 Å². The van der Waals surface area contributed by atoms with Crippen LogP contribution in [-0.4, -0.2) is 50.8 Å². The first-order valence-corrected chi connectivity index (χ1v) is 9.76. The molecule has 1 aliphatic heterocycles. The highest BCUT2D eigenvalue weighted by Gasteiger charge is 2.31. The molecule has 1 fully saturated rings. The van der Waals surface area contributed by atoms with Gasteiger partial charge in [-0.15, -0.1) is 0 Å². The third kappa shape index (κ3) is 4.16. The van der Waals surface area contributed by atoms with Gasteiger partial charge in [0, 0.05) is 69.0 Å². The summed E-state index contributed by atoms with van der Waals surface area (Å²) in [4.78, 5) is 13.2. The molecule has 2 aromatic heterocycles. The Kier molecular flexibility index (Phi) is 5.46. The maximum atomic E-state index is 13.1. The quantitative estimate of drug-likeness (QED) is 0.651. The van der Waals surface area contributed by atoms with E-state index in [1.54, 1.807) is 12.3 Å². The fourth-order valence-corrected chi connectivity index (χ4v) is 3.67. The lowest BCUT2D eigenvalue weighted by molar-refractivity contribution is -0.137. The maximum absolute atomic E-state index is 13.1. The summed E-state index contributed by atoms with van der Waals surface area (Å²) in [5.74, 6) is 0.619. The molecule has 0 amide bonds. The standard InChI is InChI=1S/C21H23F3N6/c1-15-17(13-27-28(15)2)14-29-8-10-30(11-9-29)20-19(25-6-7-26-20)16-4-3-5-18(12-16)21(22,23)24/h3-7,12-13H,8-11,14H2,1-2H3. The smallest absolute Gasteiger partial charge is 0.352 e. The predicted octanol–water partition coefficient (Wildman–Crippen LogP) is 3.53. The maximum Gasteiger partial charge on any atom is 0.416 e. The van der Waals surface area contributed by atoms with Gasteiger partial charge in [-0.2, -0.15) is 18.3 Å². The molecule has 0 N–H and O–H groups in total. The van der Waals surface area contributed by atoms with Crippen LogP contribution in [0.1, 0.15) is 16.8 Å². The molecule has 1 saturated heterocycles. The van der Waals surface area contributed by atoms with E-state index >= 15 is 0 Å². The zero-order chi connectivity index (χ0) is 21.3. The zero-order valence-electron chi connectivity index (χ0n) is 16.9. The van der Waals surface area contributed by atoms with Gasteiger partial charge in [0.1, 0.15) is 5.69 Å². The molecule has 0 radical (unpaired) electrons. The number of nitrogens with zero attached hydrogens (tertiary/aromatic N) is 6. The lowest BCUT2D eigenvalue weighted by Gasteiger charge is -2.35. The van der Waals surface area contributed by atoms with Crippen LogP contribution in [0.25, 0.3) is 11.3 Å². The second-order valence-corrected chi connectivity index (χ2v) is 7.45. The van der Waals surface area contributed by atoms with E-state index in [-0.39, 0.29) is 0 Å². The van der Waals surface area contributed by atoms with Crippen LogP contribution in [0.2, 0.25) is 0 Å². The minimum atomic E-state index is -4.39. The highest BCUT2D eigenvalue weighted by molar-refractivity contribution is 5.72. The highest BCUT2D eigenvalue weighted by atomic mass is 19.4. The Balaban J connectivity index is 1.51. The van der Waals surface area contributed by atoms with Crippen molar-refractivity contribution in [1.29, 1.82) is 0 Å². The number of halogens is 3. The zero-order valence-corrected chi connectivity index (χ0v) is 16.9. The highest BCUT2D eigenvalue weighted by Crippen LogP contribution is 2.34. The van der Waals surface area contributed by atoms with Crippen molar-refractivity contribution in [2.45, 2.75) is 19.6 Å². The molecule has 1 aliphatic rings. The third-order valence-corrected chi connectivity index (χ3v) is 5.54. The van der Waals surface area contributed by atoms with E-state index in [9.17, 15) is 13.2 Å². The average Bonchev–Trinajstić information content (AvgIpc) is 3.06. The Morgan fingerprint density at radius 2 is 1.77 bits per heavy atom. The number of aryl methyl sites for hydroxylation is 1. The Morgan fingerprint density at radius 3 is 2.43 bits per heavy atom. The number of alkyl halides is 3. The first kappa shape index (κ1) is 20.3. The van der Waals surface area contributed by atoms with Crippen LogP contribution in [-0.2, 0) is 19.8 Å². The van der Waals surface area contributed by atoms with Crippen molar-refractivity contribution in [3.63, 3.8) is 0 Å². The molecule has 6 nitrogen and oxygen atoms in total. The summed E-state index contributed by atoms with van der Waals surface area (Å²) >= 11 is 0. The minimum Gasteiger partial charge on any atom is -0.352 e. The fourth-order valence-electron chi connectivity index (χ4n) is 3.67.